The molecule has 1 heterocycles. The Morgan fingerprint density at radius 3 is 2.36 bits per heavy atom. The van der Waals surface area contributed by atoms with Gasteiger partial charge in [0.15, 0.2) is 17.4 Å². The summed E-state index contributed by atoms with van der Waals surface area (Å²) in [5, 5.41) is 0. The van der Waals surface area contributed by atoms with Crippen molar-refractivity contribution in [2.45, 2.75) is 6.54 Å². The second kappa shape index (κ2) is 5.22. The van der Waals surface area contributed by atoms with Gasteiger partial charge in [0.1, 0.15) is 0 Å². The number of para-hydroxylation sites is 1. The number of carbonyl (C=O) groups is 2. The Morgan fingerprint density at radius 2 is 1.73 bits per heavy atom. The minimum Gasteiger partial charge on any atom is -0.491 e. The number of fused-ring (bicyclic) bond motifs is 1. The molecule has 6 heteroatoms. The van der Waals surface area contributed by atoms with E-state index in [1.54, 1.807) is 24.3 Å². The van der Waals surface area contributed by atoms with Gasteiger partial charge in [0, 0.05) is 0 Å². The lowest BCUT2D eigenvalue weighted by Gasteiger charge is -2.17. The Hall–Kier alpha value is -2.76. The van der Waals surface area contributed by atoms with Gasteiger partial charge in [-0.25, -0.2) is 8.78 Å². The average molecular weight is 303 g/mol. The van der Waals surface area contributed by atoms with E-state index in [-0.39, 0.29) is 12.1 Å². The van der Waals surface area contributed by atoms with Gasteiger partial charge in [-0.15, -0.1) is 0 Å². The molecular weight excluding hydrogens is 292 g/mol. The Kier molecular flexibility index (Phi) is 3.36. The predicted molar refractivity (Wildman–Crippen MR) is 74.9 cm³/mol. The van der Waals surface area contributed by atoms with E-state index in [2.05, 4.69) is 4.74 Å². The first-order valence-corrected chi connectivity index (χ1v) is 6.50. The quantitative estimate of drug-likeness (QED) is 0.819. The summed E-state index contributed by atoms with van der Waals surface area (Å²) in [4.78, 5) is 25.1. The van der Waals surface area contributed by atoms with Crippen LogP contribution in [0.3, 0.4) is 0 Å². The van der Waals surface area contributed by atoms with Crippen LogP contribution in [0.15, 0.2) is 36.4 Å². The highest BCUT2D eigenvalue weighted by molar-refractivity contribution is 6.52. The van der Waals surface area contributed by atoms with Crippen LogP contribution in [0, 0.1) is 11.6 Å². The number of nitrogens with zero attached hydrogens (tertiary/aromatic N) is 1. The Balaban J connectivity index is 1.97. The third-order valence-corrected chi connectivity index (χ3v) is 3.48. The first kappa shape index (κ1) is 14.2. The number of ether oxygens (including phenoxy) is 1. The maximum Gasteiger partial charge on any atom is 0.299 e. The van der Waals surface area contributed by atoms with Crippen LogP contribution in [0.2, 0.25) is 0 Å². The summed E-state index contributed by atoms with van der Waals surface area (Å²) >= 11 is 0. The smallest absolute Gasteiger partial charge is 0.299 e. The third-order valence-electron chi connectivity index (χ3n) is 3.48. The molecule has 0 spiro atoms. The number of hydrogen-bond acceptors (Lipinski definition) is 3. The molecule has 0 radical (unpaired) electrons. The maximum absolute atomic E-state index is 13.7. The first-order chi connectivity index (χ1) is 10.5. The standard InChI is InChI=1S/C16H11F2NO3/c1-22-15-11(17)6-9(7-12(15)18)8-19-13-5-3-2-4-10(13)14(20)16(19)21/h2-7H,8H2,1H3. The molecule has 0 bridgehead atoms. The van der Waals surface area contributed by atoms with Crippen molar-refractivity contribution in [2.24, 2.45) is 0 Å². The van der Waals surface area contributed by atoms with Crippen LogP contribution in [-0.4, -0.2) is 18.8 Å². The number of amides is 1. The highest BCUT2D eigenvalue weighted by Crippen LogP contribution is 2.31. The van der Waals surface area contributed by atoms with E-state index in [1.165, 1.54) is 12.0 Å². The molecule has 3 rings (SSSR count). The Bertz CT molecular complexity index is 766. The topological polar surface area (TPSA) is 46.6 Å². The fourth-order valence-electron chi connectivity index (χ4n) is 2.49. The minimum atomic E-state index is -0.858. The third kappa shape index (κ3) is 2.13. The monoisotopic (exact) mass is 303 g/mol. The normalized spacial score (nSPS) is 13.5. The summed E-state index contributed by atoms with van der Waals surface area (Å²) in [6.07, 6.45) is 0. The molecule has 4 nitrogen and oxygen atoms in total. The molecule has 0 saturated carbocycles. The second-order valence-corrected chi connectivity index (χ2v) is 4.83. The van der Waals surface area contributed by atoms with Crippen LogP contribution in [0.1, 0.15) is 15.9 Å². The van der Waals surface area contributed by atoms with Gasteiger partial charge in [-0.3, -0.25) is 9.59 Å². The Morgan fingerprint density at radius 1 is 1.09 bits per heavy atom. The van der Waals surface area contributed by atoms with Crippen molar-refractivity contribution in [1.82, 2.24) is 0 Å². The molecule has 0 unspecified atom stereocenters. The second-order valence-electron chi connectivity index (χ2n) is 4.83. The number of rotatable bonds is 3. The van der Waals surface area contributed by atoms with Crippen molar-refractivity contribution >= 4 is 17.4 Å². The van der Waals surface area contributed by atoms with Gasteiger partial charge in [0.2, 0.25) is 0 Å². The van der Waals surface area contributed by atoms with Gasteiger partial charge in [0.05, 0.1) is 24.9 Å². The SMILES string of the molecule is COc1c(F)cc(CN2C(=O)C(=O)c3ccccc32)cc1F. The molecule has 0 saturated heterocycles. The lowest BCUT2D eigenvalue weighted by Crippen LogP contribution is -2.29. The predicted octanol–water partition coefficient (Wildman–Crippen LogP) is 2.70. The molecule has 0 N–H and O–H groups in total. The molecule has 0 aliphatic carbocycles. The van der Waals surface area contributed by atoms with Crippen LogP contribution >= 0.6 is 0 Å². The summed E-state index contributed by atoms with van der Waals surface area (Å²) in [6.45, 7) is -0.0978. The Labute approximate surface area is 124 Å². The largest absolute Gasteiger partial charge is 0.491 e. The van der Waals surface area contributed by atoms with Crippen molar-refractivity contribution in [3.63, 3.8) is 0 Å². The van der Waals surface area contributed by atoms with E-state index in [4.69, 9.17) is 0 Å². The van der Waals surface area contributed by atoms with Crippen molar-refractivity contribution in [2.75, 3.05) is 12.0 Å². The van der Waals surface area contributed by atoms with E-state index in [1.807, 2.05) is 0 Å². The molecule has 1 aliphatic rings. The van der Waals surface area contributed by atoms with Gasteiger partial charge < -0.3 is 9.64 Å². The minimum absolute atomic E-state index is 0.0978. The van der Waals surface area contributed by atoms with Crippen LogP contribution < -0.4 is 9.64 Å². The summed E-state index contributed by atoms with van der Waals surface area (Å²) in [7, 11) is 1.17. The number of hydrogen-bond donors (Lipinski definition) is 0. The van der Waals surface area contributed by atoms with E-state index in [0.717, 1.165) is 12.1 Å². The molecule has 22 heavy (non-hydrogen) atoms. The average Bonchev–Trinajstić information content (AvgIpc) is 2.73. The number of benzene rings is 2. The zero-order chi connectivity index (χ0) is 15.9. The number of halogens is 2. The number of carbonyl (C=O) groups excluding carboxylic acids is 2. The molecule has 0 aromatic heterocycles. The highest BCUT2D eigenvalue weighted by Gasteiger charge is 2.35. The van der Waals surface area contributed by atoms with Gasteiger partial charge in [-0.1, -0.05) is 12.1 Å². The van der Waals surface area contributed by atoms with Gasteiger partial charge >= 0.3 is 0 Å². The number of Topliss-reactive ketones (excluding diaryl/α,β-unsaturated/α-hetero) is 1. The van der Waals surface area contributed by atoms with Crippen LogP contribution in [0.4, 0.5) is 14.5 Å². The van der Waals surface area contributed by atoms with E-state index >= 15 is 0 Å². The van der Waals surface area contributed by atoms with E-state index in [9.17, 15) is 18.4 Å². The van der Waals surface area contributed by atoms with Crippen LogP contribution in [-0.2, 0) is 11.3 Å². The van der Waals surface area contributed by atoms with E-state index < -0.39 is 29.1 Å². The van der Waals surface area contributed by atoms with E-state index in [0.29, 0.717) is 11.3 Å². The fraction of sp³-hybridized carbons (Fsp3) is 0.125. The molecule has 0 atom stereocenters. The fourth-order valence-corrected chi connectivity index (χ4v) is 2.49. The maximum atomic E-state index is 13.7. The van der Waals surface area contributed by atoms with Gasteiger partial charge in [-0.05, 0) is 29.8 Å². The number of anilines is 1. The summed E-state index contributed by atoms with van der Waals surface area (Å²) in [5.74, 6) is -3.52. The van der Waals surface area contributed by atoms with Crippen molar-refractivity contribution in [1.29, 1.82) is 0 Å². The lowest BCUT2D eigenvalue weighted by atomic mass is 10.1. The van der Waals surface area contributed by atoms with Crippen LogP contribution in [0.25, 0.3) is 0 Å². The van der Waals surface area contributed by atoms with Gasteiger partial charge in [0.25, 0.3) is 11.7 Å². The zero-order valence-electron chi connectivity index (χ0n) is 11.6. The first-order valence-electron chi connectivity index (χ1n) is 6.50. The number of methoxy groups -OCH3 is 1. The number of ketones is 1. The van der Waals surface area contributed by atoms with Crippen molar-refractivity contribution in [3.05, 3.63) is 59.2 Å². The molecule has 2 aromatic carbocycles. The summed E-state index contributed by atoms with van der Waals surface area (Å²) < 4.78 is 32.0. The molecule has 112 valence electrons. The van der Waals surface area contributed by atoms with Crippen molar-refractivity contribution in [3.8, 4) is 5.75 Å². The molecular formula is C16H11F2NO3. The van der Waals surface area contributed by atoms with Gasteiger partial charge in [-0.2, -0.15) is 0 Å². The summed E-state index contributed by atoms with van der Waals surface area (Å²) in [6, 6.07) is 8.67. The molecule has 1 amide bonds. The molecule has 2 aromatic rings. The van der Waals surface area contributed by atoms with Crippen LogP contribution in [0.5, 0.6) is 5.75 Å². The zero-order valence-corrected chi connectivity index (χ0v) is 11.6. The highest BCUT2D eigenvalue weighted by atomic mass is 19.1. The lowest BCUT2D eigenvalue weighted by molar-refractivity contribution is -0.114. The van der Waals surface area contributed by atoms with Crippen molar-refractivity contribution < 1.29 is 23.1 Å². The summed E-state index contributed by atoms with van der Waals surface area (Å²) in [5.41, 5.74) is 0.963. The molecule has 1 aliphatic heterocycles. The molecule has 0 fully saturated rings.